The zero-order chi connectivity index (χ0) is 20.6. The van der Waals surface area contributed by atoms with Crippen molar-refractivity contribution in [3.8, 4) is 17.1 Å². The molecule has 0 bridgehead atoms. The van der Waals surface area contributed by atoms with Gasteiger partial charge in [-0.1, -0.05) is 19.1 Å². The topological polar surface area (TPSA) is 85.2 Å². The molecule has 1 aromatic heterocycles. The van der Waals surface area contributed by atoms with E-state index in [-0.39, 0.29) is 12.5 Å². The number of benzene rings is 2. The molecule has 1 heterocycles. The fraction of sp³-hybridized carbons (Fsp3) is 0.333. The minimum atomic E-state index is -0.178. The van der Waals surface area contributed by atoms with Gasteiger partial charge in [0.2, 0.25) is 11.7 Å². The van der Waals surface area contributed by atoms with Crippen LogP contribution in [0.15, 0.2) is 48.5 Å². The molecular formula is C21H26N6O2. The van der Waals surface area contributed by atoms with Gasteiger partial charge in [-0.15, -0.1) is 10.2 Å². The molecule has 0 unspecified atom stereocenters. The van der Waals surface area contributed by atoms with Crippen LogP contribution in [-0.2, 0) is 17.9 Å². The Labute approximate surface area is 170 Å². The lowest BCUT2D eigenvalue weighted by atomic mass is 10.2. The molecule has 0 fully saturated rings. The van der Waals surface area contributed by atoms with Crippen LogP contribution in [0.4, 0.5) is 5.69 Å². The summed E-state index contributed by atoms with van der Waals surface area (Å²) in [5, 5.41) is 15.2. The van der Waals surface area contributed by atoms with E-state index < -0.39 is 0 Å². The number of tetrazole rings is 1. The molecular weight excluding hydrogens is 368 g/mol. The molecule has 0 saturated heterocycles. The molecule has 0 aliphatic carbocycles. The number of rotatable bonds is 9. The lowest BCUT2D eigenvalue weighted by Crippen LogP contribution is -2.28. The average Bonchev–Trinajstić information content (AvgIpc) is 3.20. The summed E-state index contributed by atoms with van der Waals surface area (Å²) in [6.07, 6.45) is 0.969. The van der Waals surface area contributed by atoms with Gasteiger partial charge < -0.3 is 15.0 Å². The van der Waals surface area contributed by atoms with Crippen LogP contribution in [0, 0.1) is 0 Å². The Morgan fingerprint density at radius 3 is 2.48 bits per heavy atom. The Kier molecular flexibility index (Phi) is 6.78. The van der Waals surface area contributed by atoms with Crippen LogP contribution < -0.4 is 15.0 Å². The molecule has 3 rings (SSSR count). The van der Waals surface area contributed by atoms with Crippen LogP contribution in [0.5, 0.6) is 5.75 Å². The maximum absolute atomic E-state index is 12.2. The highest BCUT2D eigenvalue weighted by Gasteiger charge is 2.10. The highest BCUT2D eigenvalue weighted by molar-refractivity contribution is 5.75. The first-order valence-corrected chi connectivity index (χ1v) is 9.59. The highest BCUT2D eigenvalue weighted by Crippen LogP contribution is 2.18. The summed E-state index contributed by atoms with van der Waals surface area (Å²) in [6, 6.07) is 15.5. The van der Waals surface area contributed by atoms with Gasteiger partial charge >= 0.3 is 0 Å². The Morgan fingerprint density at radius 1 is 1.10 bits per heavy atom. The first-order valence-electron chi connectivity index (χ1n) is 9.59. The molecule has 8 nitrogen and oxygen atoms in total. The number of amides is 1. The van der Waals surface area contributed by atoms with E-state index in [2.05, 4.69) is 27.7 Å². The fourth-order valence-electron chi connectivity index (χ4n) is 2.64. The number of carbonyl (C=O) groups excluding carboxylic acids is 1. The predicted octanol–water partition coefficient (Wildman–Crippen LogP) is 2.51. The van der Waals surface area contributed by atoms with E-state index in [1.165, 1.54) is 4.80 Å². The van der Waals surface area contributed by atoms with E-state index in [4.69, 9.17) is 4.74 Å². The molecule has 0 aliphatic rings. The lowest BCUT2D eigenvalue weighted by Gasteiger charge is -2.11. The Bertz CT molecular complexity index is 919. The number of hydrogen-bond donors (Lipinski definition) is 1. The van der Waals surface area contributed by atoms with E-state index in [9.17, 15) is 4.79 Å². The minimum Gasteiger partial charge on any atom is -0.494 e. The molecule has 3 aromatic rings. The summed E-state index contributed by atoms with van der Waals surface area (Å²) in [5.74, 6) is 1.15. The fourth-order valence-corrected chi connectivity index (χ4v) is 2.64. The van der Waals surface area contributed by atoms with Crippen LogP contribution in [0.2, 0.25) is 0 Å². The summed E-state index contributed by atoms with van der Waals surface area (Å²) in [6.45, 7) is 3.21. The van der Waals surface area contributed by atoms with Crippen molar-refractivity contribution in [1.82, 2.24) is 25.5 Å². The van der Waals surface area contributed by atoms with Crippen molar-refractivity contribution < 1.29 is 9.53 Å². The summed E-state index contributed by atoms with van der Waals surface area (Å²) >= 11 is 0. The summed E-state index contributed by atoms with van der Waals surface area (Å²) < 4.78 is 5.56. The van der Waals surface area contributed by atoms with Crippen molar-refractivity contribution in [1.29, 1.82) is 0 Å². The van der Waals surface area contributed by atoms with Crippen LogP contribution in [-0.4, -0.2) is 46.8 Å². The van der Waals surface area contributed by atoms with E-state index >= 15 is 0 Å². The number of hydrogen-bond acceptors (Lipinski definition) is 6. The largest absolute Gasteiger partial charge is 0.494 e. The first kappa shape index (κ1) is 20.3. The van der Waals surface area contributed by atoms with Gasteiger partial charge in [0.1, 0.15) is 12.3 Å². The normalized spacial score (nSPS) is 10.6. The quantitative estimate of drug-likeness (QED) is 0.600. The van der Waals surface area contributed by atoms with Gasteiger partial charge in [0, 0.05) is 31.9 Å². The number of ether oxygens (including phenoxy) is 1. The molecule has 0 aliphatic heterocycles. The highest BCUT2D eigenvalue weighted by atomic mass is 16.5. The Morgan fingerprint density at radius 2 is 1.83 bits per heavy atom. The molecule has 0 radical (unpaired) electrons. The smallest absolute Gasteiger partial charge is 0.243 e. The van der Waals surface area contributed by atoms with Gasteiger partial charge in [-0.2, -0.15) is 4.80 Å². The van der Waals surface area contributed by atoms with E-state index in [1.54, 1.807) is 0 Å². The second kappa shape index (κ2) is 9.68. The first-order chi connectivity index (χ1) is 14.0. The Balaban J connectivity index is 1.51. The molecule has 2 aromatic carbocycles. The van der Waals surface area contributed by atoms with Crippen molar-refractivity contribution in [3.05, 3.63) is 54.1 Å². The third kappa shape index (κ3) is 5.78. The number of carbonyl (C=O) groups is 1. The molecule has 8 heteroatoms. The van der Waals surface area contributed by atoms with Crippen molar-refractivity contribution >= 4 is 11.6 Å². The van der Waals surface area contributed by atoms with Crippen LogP contribution in [0.1, 0.15) is 18.9 Å². The molecule has 0 atom stereocenters. The zero-order valence-corrected chi connectivity index (χ0v) is 17.0. The van der Waals surface area contributed by atoms with Gasteiger partial charge in [-0.05, 0) is 53.6 Å². The SMILES string of the molecule is CCCOc1ccc(CNC(=O)Cn2nnc(-c3ccc(N(C)C)cc3)n2)cc1. The van der Waals surface area contributed by atoms with Crippen molar-refractivity contribution in [3.63, 3.8) is 0 Å². The summed E-state index contributed by atoms with van der Waals surface area (Å²) in [5.41, 5.74) is 2.94. The Hall–Kier alpha value is -3.42. The number of nitrogens with zero attached hydrogens (tertiary/aromatic N) is 5. The average molecular weight is 394 g/mol. The molecule has 0 spiro atoms. The maximum atomic E-state index is 12.2. The van der Waals surface area contributed by atoms with Crippen LogP contribution in [0.3, 0.4) is 0 Å². The van der Waals surface area contributed by atoms with Crippen LogP contribution in [0.25, 0.3) is 11.4 Å². The standard InChI is InChI=1S/C21H26N6O2/c1-4-13-29-19-11-5-16(6-12-19)14-22-20(28)15-27-24-21(23-25-27)17-7-9-18(10-8-17)26(2)3/h5-12H,4,13-15H2,1-3H3,(H,22,28). The second-order valence-corrected chi connectivity index (χ2v) is 6.85. The van der Waals surface area contributed by atoms with Gasteiger partial charge in [0.15, 0.2) is 0 Å². The van der Waals surface area contributed by atoms with Crippen molar-refractivity contribution in [2.75, 3.05) is 25.6 Å². The molecule has 1 N–H and O–H groups in total. The third-order valence-corrected chi connectivity index (χ3v) is 4.27. The van der Waals surface area contributed by atoms with Crippen molar-refractivity contribution in [2.24, 2.45) is 0 Å². The lowest BCUT2D eigenvalue weighted by molar-refractivity contribution is -0.122. The van der Waals surface area contributed by atoms with E-state index in [0.717, 1.165) is 29.0 Å². The summed E-state index contributed by atoms with van der Waals surface area (Å²) in [4.78, 5) is 15.5. The second-order valence-electron chi connectivity index (χ2n) is 6.85. The molecule has 0 saturated carbocycles. The van der Waals surface area contributed by atoms with E-state index in [0.29, 0.717) is 19.0 Å². The number of aromatic nitrogens is 4. The monoisotopic (exact) mass is 394 g/mol. The summed E-state index contributed by atoms with van der Waals surface area (Å²) in [7, 11) is 3.97. The number of anilines is 1. The van der Waals surface area contributed by atoms with Gasteiger partial charge in [-0.3, -0.25) is 4.79 Å². The predicted molar refractivity (Wildman–Crippen MR) is 112 cm³/mol. The zero-order valence-electron chi connectivity index (χ0n) is 17.0. The van der Waals surface area contributed by atoms with Crippen molar-refractivity contribution in [2.45, 2.75) is 26.4 Å². The van der Waals surface area contributed by atoms with Gasteiger partial charge in [0.05, 0.1) is 6.61 Å². The molecule has 29 heavy (non-hydrogen) atoms. The maximum Gasteiger partial charge on any atom is 0.243 e. The van der Waals surface area contributed by atoms with Crippen LogP contribution >= 0.6 is 0 Å². The molecule has 1 amide bonds. The van der Waals surface area contributed by atoms with Gasteiger partial charge in [-0.25, -0.2) is 0 Å². The molecule has 152 valence electrons. The van der Waals surface area contributed by atoms with Gasteiger partial charge in [0.25, 0.3) is 0 Å². The minimum absolute atomic E-state index is 0.0144. The van der Waals surface area contributed by atoms with E-state index in [1.807, 2.05) is 67.5 Å². The third-order valence-electron chi connectivity index (χ3n) is 4.27. The number of nitrogens with one attached hydrogen (secondary N) is 1.